The summed E-state index contributed by atoms with van der Waals surface area (Å²) in [6, 6.07) is 10.4. The Morgan fingerprint density at radius 2 is 1.90 bits per heavy atom. The maximum Gasteiger partial charge on any atom is 0.252 e. The van der Waals surface area contributed by atoms with Gasteiger partial charge in [0.1, 0.15) is 0 Å². The quantitative estimate of drug-likeness (QED) is 0.702. The molecule has 1 saturated carbocycles. The number of carbonyl (C=O) groups is 1. The number of hydrogen-bond acceptors (Lipinski definition) is 4. The standard InChI is InChI=1S/C21H23Cl2N3O3S/c22-15-4-7-17(18(23)13-15)20(27)25-14-21(19-3-1-2-10-24-19)8-11-26(12-9-21)30(28,29)16-5-6-16/h1-4,7,10,13,16H,5-6,8-9,11-12,14H2,(H,25,27). The molecule has 2 fully saturated rings. The molecule has 1 N–H and O–H groups in total. The highest BCUT2D eigenvalue weighted by atomic mass is 35.5. The molecule has 0 unspecified atom stereocenters. The van der Waals surface area contributed by atoms with E-state index in [2.05, 4.69) is 10.3 Å². The molecule has 0 atom stereocenters. The van der Waals surface area contributed by atoms with Crippen LogP contribution in [0.3, 0.4) is 0 Å². The Labute approximate surface area is 186 Å². The third-order valence-corrected chi connectivity index (χ3v) is 8.90. The molecule has 1 aliphatic heterocycles. The summed E-state index contributed by atoms with van der Waals surface area (Å²) in [5.41, 5.74) is 0.771. The third kappa shape index (κ3) is 4.35. The molecule has 2 aliphatic rings. The highest BCUT2D eigenvalue weighted by Crippen LogP contribution is 2.38. The molecule has 1 amide bonds. The van der Waals surface area contributed by atoms with Gasteiger partial charge in [-0.3, -0.25) is 9.78 Å². The zero-order valence-corrected chi connectivity index (χ0v) is 18.7. The molecule has 9 heteroatoms. The van der Waals surface area contributed by atoms with E-state index in [1.54, 1.807) is 22.6 Å². The van der Waals surface area contributed by atoms with Crippen LogP contribution in [-0.2, 0) is 15.4 Å². The fraction of sp³-hybridized carbons (Fsp3) is 0.429. The number of aromatic nitrogens is 1. The molecule has 4 rings (SSSR count). The number of rotatable bonds is 6. The third-order valence-electron chi connectivity index (χ3n) is 5.96. The first-order valence-electron chi connectivity index (χ1n) is 9.96. The molecule has 30 heavy (non-hydrogen) atoms. The van der Waals surface area contributed by atoms with Gasteiger partial charge in [0, 0.05) is 42.0 Å². The van der Waals surface area contributed by atoms with E-state index in [9.17, 15) is 13.2 Å². The van der Waals surface area contributed by atoms with E-state index >= 15 is 0 Å². The van der Waals surface area contributed by atoms with Gasteiger partial charge in [-0.15, -0.1) is 0 Å². The average molecular weight is 468 g/mol. The molecule has 1 aliphatic carbocycles. The first-order valence-corrected chi connectivity index (χ1v) is 12.2. The number of nitrogens with zero attached hydrogens (tertiary/aromatic N) is 2. The molecular formula is C21H23Cl2N3O3S. The van der Waals surface area contributed by atoms with Gasteiger partial charge in [0.2, 0.25) is 10.0 Å². The van der Waals surface area contributed by atoms with Crippen LogP contribution in [0.15, 0.2) is 42.6 Å². The Morgan fingerprint density at radius 1 is 1.17 bits per heavy atom. The molecular weight excluding hydrogens is 445 g/mol. The summed E-state index contributed by atoms with van der Waals surface area (Å²) in [5, 5.41) is 3.52. The van der Waals surface area contributed by atoms with E-state index in [-0.39, 0.29) is 16.2 Å². The van der Waals surface area contributed by atoms with Crippen LogP contribution in [0.1, 0.15) is 41.7 Å². The first-order chi connectivity index (χ1) is 14.3. The van der Waals surface area contributed by atoms with Crippen molar-refractivity contribution in [2.75, 3.05) is 19.6 Å². The SMILES string of the molecule is O=C(NCC1(c2ccccn2)CCN(S(=O)(=O)C2CC2)CC1)c1ccc(Cl)cc1Cl. The molecule has 1 aromatic heterocycles. The van der Waals surface area contributed by atoms with E-state index < -0.39 is 15.4 Å². The summed E-state index contributed by atoms with van der Waals surface area (Å²) in [6.45, 7) is 1.19. The van der Waals surface area contributed by atoms with Crippen molar-refractivity contribution < 1.29 is 13.2 Å². The summed E-state index contributed by atoms with van der Waals surface area (Å²) in [5.74, 6) is -0.292. The molecule has 0 bridgehead atoms. The van der Waals surface area contributed by atoms with Crippen molar-refractivity contribution in [2.24, 2.45) is 0 Å². The van der Waals surface area contributed by atoms with Gasteiger partial charge < -0.3 is 5.32 Å². The highest BCUT2D eigenvalue weighted by Gasteiger charge is 2.45. The maximum atomic E-state index is 12.7. The fourth-order valence-corrected chi connectivity index (χ4v) is 6.30. The van der Waals surface area contributed by atoms with E-state index in [0.29, 0.717) is 43.1 Å². The Kier molecular flexibility index (Phi) is 6.08. The predicted octanol–water partition coefficient (Wildman–Crippen LogP) is 3.64. The fourth-order valence-electron chi connectivity index (χ4n) is 3.96. The van der Waals surface area contributed by atoms with Gasteiger partial charge in [0.15, 0.2) is 0 Å². The van der Waals surface area contributed by atoms with Gasteiger partial charge in [0.05, 0.1) is 15.8 Å². The van der Waals surface area contributed by atoms with E-state index in [0.717, 1.165) is 18.5 Å². The van der Waals surface area contributed by atoms with Crippen molar-refractivity contribution in [3.63, 3.8) is 0 Å². The average Bonchev–Trinajstić information content (AvgIpc) is 3.59. The molecule has 0 radical (unpaired) electrons. The molecule has 0 spiro atoms. The lowest BCUT2D eigenvalue weighted by Crippen LogP contribution is -2.51. The largest absolute Gasteiger partial charge is 0.351 e. The number of piperidine rings is 1. The number of pyridine rings is 1. The van der Waals surface area contributed by atoms with Crippen LogP contribution in [0.2, 0.25) is 10.0 Å². The van der Waals surface area contributed by atoms with Crippen LogP contribution in [0, 0.1) is 0 Å². The first kappa shape index (κ1) is 21.6. The van der Waals surface area contributed by atoms with Gasteiger partial charge in [-0.2, -0.15) is 0 Å². The number of benzene rings is 1. The van der Waals surface area contributed by atoms with Crippen molar-refractivity contribution in [3.05, 3.63) is 63.9 Å². The van der Waals surface area contributed by atoms with E-state index in [4.69, 9.17) is 23.2 Å². The second-order valence-corrected chi connectivity index (χ2v) is 11.0. The topological polar surface area (TPSA) is 79.4 Å². The zero-order valence-electron chi connectivity index (χ0n) is 16.4. The number of amides is 1. The normalized spacial score (nSPS) is 19.4. The maximum absolute atomic E-state index is 12.7. The number of nitrogens with one attached hydrogen (secondary N) is 1. The minimum absolute atomic E-state index is 0.216. The highest BCUT2D eigenvalue weighted by molar-refractivity contribution is 7.90. The zero-order chi connectivity index (χ0) is 21.4. The van der Waals surface area contributed by atoms with E-state index in [1.807, 2.05) is 18.2 Å². The summed E-state index contributed by atoms with van der Waals surface area (Å²) in [6.07, 6.45) is 4.40. The van der Waals surface area contributed by atoms with Gasteiger partial charge >= 0.3 is 0 Å². The summed E-state index contributed by atoms with van der Waals surface area (Å²) in [7, 11) is -3.21. The lowest BCUT2D eigenvalue weighted by molar-refractivity contribution is 0.0932. The lowest BCUT2D eigenvalue weighted by Gasteiger charge is -2.41. The number of sulfonamides is 1. The number of hydrogen-bond donors (Lipinski definition) is 1. The van der Waals surface area contributed by atoms with Gasteiger partial charge in [-0.25, -0.2) is 12.7 Å². The molecule has 1 saturated heterocycles. The Hall–Kier alpha value is -1.67. The van der Waals surface area contributed by atoms with E-state index in [1.165, 1.54) is 6.07 Å². The second kappa shape index (κ2) is 8.46. The van der Waals surface area contributed by atoms with Crippen LogP contribution >= 0.6 is 23.2 Å². The lowest BCUT2D eigenvalue weighted by atomic mass is 9.75. The smallest absolute Gasteiger partial charge is 0.252 e. The monoisotopic (exact) mass is 467 g/mol. The van der Waals surface area contributed by atoms with Crippen molar-refractivity contribution in [3.8, 4) is 0 Å². The van der Waals surface area contributed by atoms with Crippen LogP contribution < -0.4 is 5.32 Å². The van der Waals surface area contributed by atoms with Crippen molar-refractivity contribution >= 4 is 39.1 Å². The molecule has 2 heterocycles. The predicted molar refractivity (Wildman–Crippen MR) is 117 cm³/mol. The van der Waals surface area contributed by atoms with Gasteiger partial charge in [-0.1, -0.05) is 29.3 Å². The Balaban J connectivity index is 1.52. The summed E-state index contributed by atoms with van der Waals surface area (Å²) in [4.78, 5) is 17.3. The minimum atomic E-state index is -3.21. The summed E-state index contributed by atoms with van der Waals surface area (Å²) < 4.78 is 26.9. The van der Waals surface area contributed by atoms with Crippen LogP contribution in [0.25, 0.3) is 0 Å². The van der Waals surface area contributed by atoms with Gasteiger partial charge in [-0.05, 0) is 56.0 Å². The van der Waals surface area contributed by atoms with Crippen LogP contribution in [0.4, 0.5) is 0 Å². The molecule has 160 valence electrons. The summed E-state index contributed by atoms with van der Waals surface area (Å²) >= 11 is 12.1. The van der Waals surface area contributed by atoms with Gasteiger partial charge in [0.25, 0.3) is 5.91 Å². The Bertz CT molecular complexity index is 1030. The van der Waals surface area contributed by atoms with Crippen LogP contribution in [0.5, 0.6) is 0 Å². The number of halogens is 2. The molecule has 2 aromatic rings. The number of carbonyl (C=O) groups excluding carboxylic acids is 1. The van der Waals surface area contributed by atoms with Crippen molar-refractivity contribution in [2.45, 2.75) is 36.3 Å². The van der Waals surface area contributed by atoms with Crippen molar-refractivity contribution in [1.82, 2.24) is 14.6 Å². The van der Waals surface area contributed by atoms with Crippen LogP contribution in [-0.4, -0.2) is 48.5 Å². The second-order valence-electron chi connectivity index (χ2n) is 7.95. The Morgan fingerprint density at radius 3 is 2.50 bits per heavy atom. The molecule has 6 nitrogen and oxygen atoms in total. The van der Waals surface area contributed by atoms with Crippen molar-refractivity contribution in [1.29, 1.82) is 0 Å². The minimum Gasteiger partial charge on any atom is -0.351 e. The molecule has 1 aromatic carbocycles.